The van der Waals surface area contributed by atoms with Gasteiger partial charge < -0.3 is 5.11 Å². The summed E-state index contributed by atoms with van der Waals surface area (Å²) in [5.74, 6) is 0.802. The molecule has 6 nitrogen and oxygen atoms in total. The highest BCUT2D eigenvalue weighted by molar-refractivity contribution is 6.33. The maximum atomic E-state index is 11.1. The number of nitro benzene ring substituents is 1. The molecule has 3 aromatic rings. The van der Waals surface area contributed by atoms with Crippen LogP contribution < -0.4 is 0 Å². The van der Waals surface area contributed by atoms with E-state index in [2.05, 4.69) is 4.98 Å². The van der Waals surface area contributed by atoms with Gasteiger partial charge in [-0.05, 0) is 30.2 Å². The predicted molar refractivity (Wildman–Crippen MR) is 92.9 cm³/mol. The number of rotatable bonds is 5. The number of aliphatic hydroxyl groups is 1. The molecule has 0 unspecified atom stereocenters. The predicted octanol–water partition coefficient (Wildman–Crippen LogP) is 3.68. The van der Waals surface area contributed by atoms with Crippen molar-refractivity contribution in [2.45, 2.75) is 19.8 Å². The number of aryl methyl sites for hydroxylation is 1. The number of aromatic nitrogens is 2. The van der Waals surface area contributed by atoms with E-state index < -0.39 is 4.92 Å². The standard InChI is InChI=1S/C17H16ClN3O3/c1-2-17-19-14-10-15(21(23)24)13(18)9-16(14)20(17)12-5-3-11(4-6-12)7-8-22/h3-6,9-10,22H,2,7-8H2,1H3. The Hall–Kier alpha value is -2.44. The number of aliphatic hydroxyl groups excluding tert-OH is 1. The van der Waals surface area contributed by atoms with Crippen LogP contribution in [0, 0.1) is 10.1 Å². The lowest BCUT2D eigenvalue weighted by atomic mass is 10.1. The number of benzene rings is 2. The number of nitro groups is 1. The summed E-state index contributed by atoms with van der Waals surface area (Å²) < 4.78 is 1.95. The van der Waals surface area contributed by atoms with E-state index in [-0.39, 0.29) is 17.3 Å². The fourth-order valence-electron chi connectivity index (χ4n) is 2.74. The molecule has 124 valence electrons. The molecule has 0 spiro atoms. The number of hydrogen-bond donors (Lipinski definition) is 1. The molecule has 1 aromatic heterocycles. The number of halogens is 1. The molecule has 0 atom stereocenters. The largest absolute Gasteiger partial charge is 0.396 e. The van der Waals surface area contributed by atoms with E-state index >= 15 is 0 Å². The Morgan fingerprint density at radius 3 is 2.58 bits per heavy atom. The zero-order valence-electron chi connectivity index (χ0n) is 13.1. The molecule has 0 aliphatic heterocycles. The summed E-state index contributed by atoms with van der Waals surface area (Å²) in [4.78, 5) is 15.1. The first-order valence-corrected chi connectivity index (χ1v) is 7.98. The first-order chi connectivity index (χ1) is 11.5. The summed E-state index contributed by atoms with van der Waals surface area (Å²) in [6.45, 7) is 2.08. The zero-order chi connectivity index (χ0) is 17.3. The Morgan fingerprint density at radius 2 is 2.00 bits per heavy atom. The third kappa shape index (κ3) is 2.86. The van der Waals surface area contributed by atoms with Crippen molar-refractivity contribution in [2.24, 2.45) is 0 Å². The molecule has 0 saturated carbocycles. The van der Waals surface area contributed by atoms with Crippen LogP contribution in [-0.2, 0) is 12.8 Å². The first kappa shape index (κ1) is 16.4. The topological polar surface area (TPSA) is 81.2 Å². The molecule has 2 aromatic carbocycles. The molecular weight excluding hydrogens is 330 g/mol. The van der Waals surface area contributed by atoms with Crippen LogP contribution in [0.1, 0.15) is 18.3 Å². The molecule has 24 heavy (non-hydrogen) atoms. The average molecular weight is 346 g/mol. The second-order valence-electron chi connectivity index (χ2n) is 5.41. The van der Waals surface area contributed by atoms with Gasteiger partial charge in [0, 0.05) is 24.8 Å². The minimum absolute atomic E-state index is 0.0909. The molecule has 0 fully saturated rings. The average Bonchev–Trinajstić information content (AvgIpc) is 2.92. The van der Waals surface area contributed by atoms with E-state index in [1.165, 1.54) is 6.07 Å². The van der Waals surface area contributed by atoms with Gasteiger partial charge in [0.05, 0.1) is 16.0 Å². The summed E-state index contributed by atoms with van der Waals surface area (Å²) in [5.41, 5.74) is 3.08. The van der Waals surface area contributed by atoms with E-state index in [4.69, 9.17) is 16.7 Å². The molecule has 0 radical (unpaired) electrons. The van der Waals surface area contributed by atoms with Gasteiger partial charge in [-0.15, -0.1) is 0 Å². The van der Waals surface area contributed by atoms with Crippen LogP contribution in [0.25, 0.3) is 16.7 Å². The Morgan fingerprint density at radius 1 is 1.29 bits per heavy atom. The number of hydrogen-bond acceptors (Lipinski definition) is 4. The molecule has 0 saturated heterocycles. The summed E-state index contributed by atoms with van der Waals surface area (Å²) in [5, 5.41) is 20.2. The van der Waals surface area contributed by atoms with Crippen LogP contribution in [0.3, 0.4) is 0 Å². The molecule has 7 heteroatoms. The highest BCUT2D eigenvalue weighted by Crippen LogP contribution is 2.32. The SMILES string of the molecule is CCc1nc2cc([N+](=O)[O-])c(Cl)cc2n1-c1ccc(CCO)cc1. The van der Waals surface area contributed by atoms with Crippen molar-refractivity contribution >= 4 is 28.3 Å². The summed E-state index contributed by atoms with van der Waals surface area (Å²) in [6, 6.07) is 10.8. The highest BCUT2D eigenvalue weighted by atomic mass is 35.5. The summed E-state index contributed by atoms with van der Waals surface area (Å²) in [6.07, 6.45) is 1.28. The third-order valence-electron chi connectivity index (χ3n) is 3.90. The van der Waals surface area contributed by atoms with E-state index in [0.29, 0.717) is 18.4 Å². The molecule has 0 amide bonds. The van der Waals surface area contributed by atoms with Gasteiger partial charge in [0.2, 0.25) is 0 Å². The van der Waals surface area contributed by atoms with Crippen molar-refractivity contribution in [1.82, 2.24) is 9.55 Å². The molecule has 1 N–H and O–H groups in total. The minimum atomic E-state index is -0.504. The molecule has 3 rings (SSSR count). The summed E-state index contributed by atoms with van der Waals surface area (Å²) >= 11 is 6.07. The van der Waals surface area contributed by atoms with Gasteiger partial charge in [-0.3, -0.25) is 14.7 Å². The second kappa shape index (κ2) is 6.59. The second-order valence-corrected chi connectivity index (χ2v) is 5.81. The van der Waals surface area contributed by atoms with Gasteiger partial charge in [-0.25, -0.2) is 4.98 Å². The maximum absolute atomic E-state index is 11.1. The summed E-state index contributed by atoms with van der Waals surface area (Å²) in [7, 11) is 0. The monoisotopic (exact) mass is 345 g/mol. The van der Waals surface area contributed by atoms with Crippen LogP contribution >= 0.6 is 11.6 Å². The molecule has 0 aliphatic rings. The minimum Gasteiger partial charge on any atom is -0.396 e. The van der Waals surface area contributed by atoms with Crippen molar-refractivity contribution in [1.29, 1.82) is 0 Å². The third-order valence-corrected chi connectivity index (χ3v) is 4.20. The first-order valence-electron chi connectivity index (χ1n) is 7.60. The normalized spacial score (nSPS) is 11.1. The van der Waals surface area contributed by atoms with Crippen LogP contribution in [0.4, 0.5) is 5.69 Å². The Labute approximate surface area is 143 Å². The van der Waals surface area contributed by atoms with Gasteiger partial charge in [-0.1, -0.05) is 30.7 Å². The highest BCUT2D eigenvalue weighted by Gasteiger charge is 2.19. The Kier molecular flexibility index (Phi) is 4.51. The number of imidazole rings is 1. The van der Waals surface area contributed by atoms with Gasteiger partial charge in [0.15, 0.2) is 0 Å². The van der Waals surface area contributed by atoms with Crippen molar-refractivity contribution in [3.8, 4) is 5.69 Å². The van der Waals surface area contributed by atoms with Gasteiger partial charge in [-0.2, -0.15) is 0 Å². The van der Waals surface area contributed by atoms with Crippen molar-refractivity contribution in [3.05, 3.63) is 62.9 Å². The fourth-order valence-corrected chi connectivity index (χ4v) is 2.97. The van der Waals surface area contributed by atoms with E-state index in [1.807, 2.05) is 35.8 Å². The van der Waals surface area contributed by atoms with Crippen LogP contribution in [0.15, 0.2) is 36.4 Å². The van der Waals surface area contributed by atoms with E-state index in [0.717, 1.165) is 22.6 Å². The van der Waals surface area contributed by atoms with Crippen LogP contribution in [0.5, 0.6) is 0 Å². The molecular formula is C17H16ClN3O3. The molecule has 0 aliphatic carbocycles. The van der Waals surface area contributed by atoms with Crippen molar-refractivity contribution in [3.63, 3.8) is 0 Å². The van der Waals surface area contributed by atoms with Crippen LogP contribution in [0.2, 0.25) is 5.02 Å². The molecule has 0 bridgehead atoms. The van der Waals surface area contributed by atoms with Crippen LogP contribution in [-0.4, -0.2) is 26.2 Å². The quantitative estimate of drug-likeness (QED) is 0.565. The maximum Gasteiger partial charge on any atom is 0.290 e. The smallest absolute Gasteiger partial charge is 0.290 e. The zero-order valence-corrected chi connectivity index (χ0v) is 13.8. The Bertz CT molecular complexity index is 904. The lowest BCUT2D eigenvalue weighted by Gasteiger charge is -2.09. The van der Waals surface area contributed by atoms with Gasteiger partial charge in [0.25, 0.3) is 5.69 Å². The van der Waals surface area contributed by atoms with Crippen molar-refractivity contribution in [2.75, 3.05) is 6.61 Å². The van der Waals surface area contributed by atoms with Crippen molar-refractivity contribution < 1.29 is 10.0 Å². The lowest BCUT2D eigenvalue weighted by Crippen LogP contribution is -2.00. The van der Waals surface area contributed by atoms with Gasteiger partial charge in [0.1, 0.15) is 10.8 Å². The number of fused-ring (bicyclic) bond motifs is 1. The molecule has 1 heterocycles. The fraction of sp³-hybridized carbons (Fsp3) is 0.235. The van der Waals surface area contributed by atoms with Gasteiger partial charge >= 0.3 is 0 Å². The Balaban J connectivity index is 2.19. The van der Waals surface area contributed by atoms with E-state index in [1.54, 1.807) is 6.07 Å². The van der Waals surface area contributed by atoms with E-state index in [9.17, 15) is 10.1 Å². The number of nitrogens with zero attached hydrogens (tertiary/aromatic N) is 3. The lowest BCUT2D eigenvalue weighted by molar-refractivity contribution is -0.384.